The van der Waals surface area contributed by atoms with Gasteiger partial charge in [-0.15, -0.1) is 0 Å². The highest BCUT2D eigenvalue weighted by Crippen LogP contribution is 2.10. The van der Waals surface area contributed by atoms with Gasteiger partial charge in [0.05, 0.1) is 0 Å². The van der Waals surface area contributed by atoms with Crippen LogP contribution in [0.1, 0.15) is 25.8 Å². The van der Waals surface area contributed by atoms with Crippen LogP contribution in [0.5, 0.6) is 0 Å². The van der Waals surface area contributed by atoms with Gasteiger partial charge in [0.15, 0.2) is 0 Å². The maximum atomic E-state index is 12.1. The quantitative estimate of drug-likeness (QED) is 0.786. The first kappa shape index (κ1) is 14.5. The van der Waals surface area contributed by atoms with Gasteiger partial charge in [0.25, 0.3) is 5.91 Å². The summed E-state index contributed by atoms with van der Waals surface area (Å²) in [7, 11) is 1.55. The number of hydrogen-bond donors (Lipinski definition) is 1. The van der Waals surface area contributed by atoms with Crippen molar-refractivity contribution in [3.8, 4) is 0 Å². The van der Waals surface area contributed by atoms with Gasteiger partial charge in [-0.2, -0.15) is 0 Å². The standard InChI is InChI=1S/C14H22N2O2/c1-4-9-16(14(17)11(2)18-3)10-12-5-7-13(15)8-6-12/h5-8,11H,4,9-10,15H2,1-3H3. The highest BCUT2D eigenvalue weighted by atomic mass is 16.5. The van der Waals surface area contributed by atoms with E-state index in [0.29, 0.717) is 6.54 Å². The van der Waals surface area contributed by atoms with Crippen LogP contribution in [0.2, 0.25) is 0 Å². The van der Waals surface area contributed by atoms with Gasteiger partial charge in [0, 0.05) is 25.9 Å². The van der Waals surface area contributed by atoms with Crippen LogP contribution in [0.25, 0.3) is 0 Å². The van der Waals surface area contributed by atoms with E-state index in [0.717, 1.165) is 24.2 Å². The van der Waals surface area contributed by atoms with Gasteiger partial charge < -0.3 is 15.4 Å². The van der Waals surface area contributed by atoms with E-state index in [1.54, 1.807) is 14.0 Å². The zero-order chi connectivity index (χ0) is 13.5. The Morgan fingerprint density at radius 2 is 2.00 bits per heavy atom. The minimum Gasteiger partial charge on any atom is -0.399 e. The van der Waals surface area contributed by atoms with Crippen molar-refractivity contribution in [2.24, 2.45) is 0 Å². The molecule has 0 aliphatic rings. The molecule has 2 N–H and O–H groups in total. The van der Waals surface area contributed by atoms with Crippen molar-refractivity contribution >= 4 is 11.6 Å². The van der Waals surface area contributed by atoms with Crippen LogP contribution in [-0.4, -0.2) is 30.6 Å². The number of carbonyl (C=O) groups excluding carboxylic acids is 1. The Bertz CT molecular complexity index is 376. The molecule has 0 aliphatic carbocycles. The lowest BCUT2D eigenvalue weighted by Crippen LogP contribution is -2.38. The van der Waals surface area contributed by atoms with Gasteiger partial charge in [-0.1, -0.05) is 19.1 Å². The molecule has 1 unspecified atom stereocenters. The number of nitrogens with two attached hydrogens (primary N) is 1. The van der Waals surface area contributed by atoms with Crippen molar-refractivity contribution in [3.05, 3.63) is 29.8 Å². The molecule has 0 saturated carbocycles. The second-order valence-corrected chi connectivity index (χ2v) is 4.38. The lowest BCUT2D eigenvalue weighted by Gasteiger charge is -2.25. The zero-order valence-corrected chi connectivity index (χ0v) is 11.3. The number of benzene rings is 1. The summed E-state index contributed by atoms with van der Waals surface area (Å²) >= 11 is 0. The van der Waals surface area contributed by atoms with Gasteiger partial charge in [-0.25, -0.2) is 0 Å². The fraction of sp³-hybridized carbons (Fsp3) is 0.500. The molecule has 100 valence electrons. The van der Waals surface area contributed by atoms with Crippen molar-refractivity contribution < 1.29 is 9.53 Å². The Labute approximate surface area is 109 Å². The van der Waals surface area contributed by atoms with Crippen molar-refractivity contribution in [3.63, 3.8) is 0 Å². The fourth-order valence-corrected chi connectivity index (χ4v) is 1.74. The van der Waals surface area contributed by atoms with Gasteiger partial charge >= 0.3 is 0 Å². The van der Waals surface area contributed by atoms with Crippen molar-refractivity contribution in [1.29, 1.82) is 0 Å². The number of nitrogen functional groups attached to an aromatic ring is 1. The summed E-state index contributed by atoms with van der Waals surface area (Å²) in [4.78, 5) is 13.9. The SMILES string of the molecule is CCCN(Cc1ccc(N)cc1)C(=O)C(C)OC. The first-order valence-electron chi connectivity index (χ1n) is 6.24. The number of carbonyl (C=O) groups is 1. The average molecular weight is 250 g/mol. The summed E-state index contributed by atoms with van der Waals surface area (Å²) in [6, 6.07) is 7.60. The molecule has 1 aromatic rings. The second kappa shape index (κ2) is 7.01. The van der Waals surface area contributed by atoms with Crippen LogP contribution < -0.4 is 5.73 Å². The van der Waals surface area contributed by atoms with Gasteiger partial charge in [-0.3, -0.25) is 4.79 Å². The van der Waals surface area contributed by atoms with Crippen LogP contribution in [-0.2, 0) is 16.1 Å². The molecule has 0 aliphatic heterocycles. The topological polar surface area (TPSA) is 55.6 Å². The normalized spacial score (nSPS) is 12.2. The fourth-order valence-electron chi connectivity index (χ4n) is 1.74. The van der Waals surface area contributed by atoms with Gasteiger partial charge in [0.1, 0.15) is 6.10 Å². The van der Waals surface area contributed by atoms with E-state index in [1.165, 1.54) is 0 Å². The van der Waals surface area contributed by atoms with Crippen LogP contribution in [0.15, 0.2) is 24.3 Å². The summed E-state index contributed by atoms with van der Waals surface area (Å²) in [5, 5.41) is 0. The number of anilines is 1. The third-order valence-electron chi connectivity index (χ3n) is 2.86. The Morgan fingerprint density at radius 3 is 2.50 bits per heavy atom. The third-order valence-corrected chi connectivity index (χ3v) is 2.86. The number of amides is 1. The van der Waals surface area contributed by atoms with E-state index < -0.39 is 6.10 Å². The maximum Gasteiger partial charge on any atom is 0.251 e. The van der Waals surface area contributed by atoms with E-state index in [2.05, 4.69) is 6.92 Å². The van der Waals surface area contributed by atoms with Crippen molar-refractivity contribution in [2.45, 2.75) is 32.9 Å². The van der Waals surface area contributed by atoms with Crippen LogP contribution >= 0.6 is 0 Å². The summed E-state index contributed by atoms with van der Waals surface area (Å²) in [5.41, 5.74) is 7.46. The predicted molar refractivity (Wildman–Crippen MR) is 73.0 cm³/mol. The molecule has 4 nitrogen and oxygen atoms in total. The molecule has 1 atom stereocenters. The number of methoxy groups -OCH3 is 1. The molecule has 1 amide bonds. The minimum absolute atomic E-state index is 0.0242. The molecule has 0 spiro atoms. The molecule has 0 aromatic heterocycles. The molecule has 0 fully saturated rings. The van der Waals surface area contributed by atoms with E-state index in [-0.39, 0.29) is 5.91 Å². The third kappa shape index (κ3) is 4.04. The highest BCUT2D eigenvalue weighted by Gasteiger charge is 2.19. The van der Waals surface area contributed by atoms with Gasteiger partial charge in [0.2, 0.25) is 0 Å². The molecule has 1 aromatic carbocycles. The average Bonchev–Trinajstić information content (AvgIpc) is 2.39. The highest BCUT2D eigenvalue weighted by molar-refractivity contribution is 5.80. The molecule has 0 saturated heterocycles. The number of hydrogen-bond acceptors (Lipinski definition) is 3. The Kier molecular flexibility index (Phi) is 5.65. The van der Waals surface area contributed by atoms with Crippen LogP contribution in [0.3, 0.4) is 0 Å². The molecule has 0 radical (unpaired) electrons. The Morgan fingerprint density at radius 1 is 1.39 bits per heavy atom. The van der Waals surface area contributed by atoms with Crippen LogP contribution in [0, 0.1) is 0 Å². The van der Waals surface area contributed by atoms with Gasteiger partial charge in [-0.05, 0) is 31.0 Å². The number of ether oxygens (including phenoxy) is 1. The van der Waals surface area contributed by atoms with E-state index in [9.17, 15) is 4.79 Å². The van der Waals surface area contributed by atoms with E-state index in [4.69, 9.17) is 10.5 Å². The zero-order valence-electron chi connectivity index (χ0n) is 11.3. The molecule has 0 heterocycles. The lowest BCUT2D eigenvalue weighted by molar-refractivity contribution is -0.141. The summed E-state index contributed by atoms with van der Waals surface area (Å²) in [6.07, 6.45) is 0.530. The molecule has 1 rings (SSSR count). The summed E-state index contributed by atoms with van der Waals surface area (Å²) in [5.74, 6) is 0.0242. The molecule has 0 bridgehead atoms. The molecule has 18 heavy (non-hydrogen) atoms. The monoisotopic (exact) mass is 250 g/mol. The molecular weight excluding hydrogens is 228 g/mol. The first-order valence-corrected chi connectivity index (χ1v) is 6.24. The lowest BCUT2D eigenvalue weighted by atomic mass is 10.2. The summed E-state index contributed by atoms with van der Waals surface area (Å²) in [6.45, 7) is 5.16. The van der Waals surface area contributed by atoms with E-state index in [1.807, 2.05) is 29.2 Å². The summed E-state index contributed by atoms with van der Waals surface area (Å²) < 4.78 is 5.08. The first-order chi connectivity index (χ1) is 8.58. The molecular formula is C14H22N2O2. The maximum absolute atomic E-state index is 12.1. The number of nitrogens with zero attached hydrogens (tertiary/aromatic N) is 1. The van der Waals surface area contributed by atoms with Crippen molar-refractivity contribution in [2.75, 3.05) is 19.4 Å². The molecule has 4 heteroatoms. The largest absolute Gasteiger partial charge is 0.399 e. The Balaban J connectivity index is 2.73. The second-order valence-electron chi connectivity index (χ2n) is 4.38. The smallest absolute Gasteiger partial charge is 0.251 e. The number of rotatable bonds is 6. The Hall–Kier alpha value is -1.55. The predicted octanol–water partition coefficient (Wildman–Crippen LogP) is 2.04. The van der Waals surface area contributed by atoms with Crippen LogP contribution in [0.4, 0.5) is 5.69 Å². The van der Waals surface area contributed by atoms with E-state index >= 15 is 0 Å². The van der Waals surface area contributed by atoms with Crippen molar-refractivity contribution in [1.82, 2.24) is 4.90 Å². The minimum atomic E-state index is -0.398.